The summed E-state index contributed by atoms with van der Waals surface area (Å²) in [5.74, 6) is -0.692. The number of rotatable bonds is 6. The van der Waals surface area contributed by atoms with E-state index >= 15 is 0 Å². The molecular formula is C13H22O6. The van der Waals surface area contributed by atoms with Crippen molar-refractivity contribution in [3.63, 3.8) is 0 Å². The molecule has 0 aromatic heterocycles. The zero-order valence-electron chi connectivity index (χ0n) is 11.5. The number of carbonyl (C=O) groups excluding carboxylic acids is 2. The summed E-state index contributed by atoms with van der Waals surface area (Å²) in [6.07, 6.45) is -0.134. The van der Waals surface area contributed by atoms with Crippen LogP contribution in [-0.4, -0.2) is 42.1 Å². The molecule has 1 heterocycles. The topological polar surface area (TPSA) is 82.1 Å². The monoisotopic (exact) mass is 274 g/mol. The number of hydrogen-bond donors (Lipinski definition) is 1. The number of hydrogen-bond acceptors (Lipinski definition) is 6. The Morgan fingerprint density at radius 2 is 1.63 bits per heavy atom. The van der Waals surface area contributed by atoms with Crippen molar-refractivity contribution in [3.8, 4) is 0 Å². The molecular weight excluding hydrogens is 252 g/mol. The normalized spacial score (nSPS) is 26.8. The van der Waals surface area contributed by atoms with Gasteiger partial charge in [-0.2, -0.15) is 0 Å². The third-order valence-electron chi connectivity index (χ3n) is 2.78. The van der Waals surface area contributed by atoms with Crippen molar-refractivity contribution in [2.24, 2.45) is 0 Å². The first kappa shape index (κ1) is 15.9. The van der Waals surface area contributed by atoms with Crippen LogP contribution in [0.25, 0.3) is 0 Å². The lowest BCUT2D eigenvalue weighted by Gasteiger charge is -2.33. The molecule has 110 valence electrons. The second kappa shape index (κ2) is 8.12. The molecule has 6 heteroatoms. The van der Waals surface area contributed by atoms with Crippen LogP contribution in [-0.2, 0) is 23.8 Å². The van der Waals surface area contributed by atoms with Gasteiger partial charge >= 0.3 is 11.9 Å². The van der Waals surface area contributed by atoms with Gasteiger partial charge in [0.1, 0.15) is 6.10 Å². The summed E-state index contributed by atoms with van der Waals surface area (Å²) >= 11 is 0. The first-order valence-electron chi connectivity index (χ1n) is 6.75. The van der Waals surface area contributed by atoms with E-state index in [4.69, 9.17) is 14.2 Å². The molecule has 1 rings (SSSR count). The minimum Gasteiger partial charge on any atom is -0.458 e. The Hall–Kier alpha value is -1.14. The zero-order valence-corrected chi connectivity index (χ0v) is 11.5. The Labute approximate surface area is 113 Å². The van der Waals surface area contributed by atoms with E-state index in [0.717, 1.165) is 0 Å². The maximum Gasteiger partial charge on any atom is 0.306 e. The summed E-state index contributed by atoms with van der Waals surface area (Å²) in [5, 5.41) is 9.42. The van der Waals surface area contributed by atoms with E-state index in [0.29, 0.717) is 25.7 Å². The summed E-state index contributed by atoms with van der Waals surface area (Å²) in [4.78, 5) is 23.0. The van der Waals surface area contributed by atoms with Gasteiger partial charge in [0.15, 0.2) is 12.4 Å². The van der Waals surface area contributed by atoms with Crippen LogP contribution in [0.1, 0.15) is 46.0 Å². The Morgan fingerprint density at radius 1 is 1.11 bits per heavy atom. The highest BCUT2D eigenvalue weighted by molar-refractivity contribution is 5.70. The molecule has 3 unspecified atom stereocenters. The van der Waals surface area contributed by atoms with Gasteiger partial charge in [-0.15, -0.1) is 0 Å². The molecule has 1 aliphatic heterocycles. The minimum atomic E-state index is -0.986. The van der Waals surface area contributed by atoms with Crippen molar-refractivity contribution in [2.75, 3.05) is 6.61 Å². The molecule has 1 aliphatic rings. The highest BCUT2D eigenvalue weighted by Crippen LogP contribution is 2.20. The van der Waals surface area contributed by atoms with E-state index in [1.165, 1.54) is 0 Å². The van der Waals surface area contributed by atoms with Crippen molar-refractivity contribution in [3.05, 3.63) is 0 Å². The first-order chi connectivity index (χ1) is 9.06. The summed E-state index contributed by atoms with van der Waals surface area (Å²) < 4.78 is 15.5. The van der Waals surface area contributed by atoms with Gasteiger partial charge in [0.25, 0.3) is 0 Å². The smallest absolute Gasteiger partial charge is 0.306 e. The van der Waals surface area contributed by atoms with E-state index in [-0.39, 0.29) is 25.0 Å². The van der Waals surface area contributed by atoms with Gasteiger partial charge < -0.3 is 19.3 Å². The fraction of sp³-hybridized carbons (Fsp3) is 0.846. The van der Waals surface area contributed by atoms with Gasteiger partial charge in [-0.25, -0.2) is 0 Å². The van der Waals surface area contributed by atoms with Crippen molar-refractivity contribution < 1.29 is 28.9 Å². The first-order valence-corrected chi connectivity index (χ1v) is 6.75. The number of esters is 2. The minimum absolute atomic E-state index is 0.0424. The Bertz CT molecular complexity index is 304. The molecule has 0 bridgehead atoms. The molecule has 0 radical (unpaired) electrons. The van der Waals surface area contributed by atoms with Crippen molar-refractivity contribution in [2.45, 2.75) is 64.4 Å². The third kappa shape index (κ3) is 5.57. The molecule has 6 nitrogen and oxygen atoms in total. The van der Waals surface area contributed by atoms with Crippen LogP contribution in [0.4, 0.5) is 0 Å². The number of ether oxygens (including phenoxy) is 3. The lowest BCUT2D eigenvalue weighted by Crippen LogP contribution is -2.46. The van der Waals surface area contributed by atoms with Crippen molar-refractivity contribution >= 4 is 11.9 Å². The summed E-state index contributed by atoms with van der Waals surface area (Å²) in [6, 6.07) is 0. The summed E-state index contributed by atoms with van der Waals surface area (Å²) in [6.45, 7) is 3.79. The highest BCUT2D eigenvalue weighted by Gasteiger charge is 2.35. The van der Waals surface area contributed by atoms with E-state index in [2.05, 4.69) is 0 Å². The number of aliphatic hydroxyl groups excluding tert-OH is 1. The van der Waals surface area contributed by atoms with Gasteiger partial charge in [-0.05, 0) is 12.8 Å². The molecule has 1 N–H and O–H groups in total. The highest BCUT2D eigenvalue weighted by atomic mass is 16.6. The molecule has 1 saturated heterocycles. The predicted octanol–water partition coefficient (Wildman–Crippen LogP) is 1.15. The molecule has 0 aromatic carbocycles. The van der Waals surface area contributed by atoms with Gasteiger partial charge in [-0.1, -0.05) is 13.8 Å². The number of aliphatic hydroxyl groups is 1. The Morgan fingerprint density at radius 3 is 2.16 bits per heavy atom. The molecule has 0 amide bonds. The maximum absolute atomic E-state index is 11.5. The van der Waals surface area contributed by atoms with E-state index < -0.39 is 18.5 Å². The molecule has 19 heavy (non-hydrogen) atoms. The standard InChI is InChI=1S/C13H22O6/c1-3-5-11(14)18-9-7-13(16)17-8-10(9)19-12(15)6-4-2/h9-10,13,16H,3-8H2,1-2H3. The zero-order chi connectivity index (χ0) is 14.3. The average molecular weight is 274 g/mol. The van der Waals surface area contributed by atoms with Crippen LogP contribution in [0.2, 0.25) is 0 Å². The van der Waals surface area contributed by atoms with Gasteiger partial charge in [-0.3, -0.25) is 9.59 Å². The van der Waals surface area contributed by atoms with E-state index in [9.17, 15) is 14.7 Å². The molecule has 1 fully saturated rings. The van der Waals surface area contributed by atoms with Gasteiger partial charge in [0.05, 0.1) is 6.61 Å². The van der Waals surface area contributed by atoms with E-state index in [1.807, 2.05) is 13.8 Å². The molecule has 3 atom stereocenters. The number of carbonyl (C=O) groups is 2. The van der Waals surface area contributed by atoms with Crippen LogP contribution in [0, 0.1) is 0 Å². The van der Waals surface area contributed by atoms with Gasteiger partial charge in [0, 0.05) is 19.3 Å². The summed E-state index contributed by atoms with van der Waals surface area (Å²) in [5.41, 5.74) is 0. The average Bonchev–Trinajstić information content (AvgIpc) is 2.33. The summed E-state index contributed by atoms with van der Waals surface area (Å²) in [7, 11) is 0. The lowest BCUT2D eigenvalue weighted by molar-refractivity contribution is -0.218. The van der Waals surface area contributed by atoms with Crippen molar-refractivity contribution in [1.82, 2.24) is 0 Å². The largest absolute Gasteiger partial charge is 0.458 e. The van der Waals surface area contributed by atoms with Crippen LogP contribution in [0.15, 0.2) is 0 Å². The fourth-order valence-electron chi connectivity index (χ4n) is 1.83. The lowest BCUT2D eigenvalue weighted by atomic mass is 10.1. The molecule has 0 saturated carbocycles. The van der Waals surface area contributed by atoms with Gasteiger partial charge in [0.2, 0.25) is 0 Å². The second-order valence-electron chi connectivity index (χ2n) is 4.58. The Balaban J connectivity index is 2.54. The van der Waals surface area contributed by atoms with Crippen LogP contribution < -0.4 is 0 Å². The second-order valence-corrected chi connectivity index (χ2v) is 4.58. The Kier molecular flexibility index (Phi) is 6.80. The van der Waals surface area contributed by atoms with E-state index in [1.54, 1.807) is 0 Å². The molecule has 0 spiro atoms. The maximum atomic E-state index is 11.5. The van der Waals surface area contributed by atoms with Crippen LogP contribution >= 0.6 is 0 Å². The quantitative estimate of drug-likeness (QED) is 0.732. The van der Waals surface area contributed by atoms with Crippen molar-refractivity contribution in [1.29, 1.82) is 0 Å². The third-order valence-corrected chi connectivity index (χ3v) is 2.78. The molecule has 0 aromatic rings. The SMILES string of the molecule is CCCC(=O)OC1COC(O)CC1OC(=O)CCC. The predicted molar refractivity (Wildman–Crippen MR) is 66.2 cm³/mol. The molecule has 0 aliphatic carbocycles. The van der Waals surface area contributed by atoms with Crippen LogP contribution in [0.5, 0.6) is 0 Å². The van der Waals surface area contributed by atoms with Crippen LogP contribution in [0.3, 0.4) is 0 Å². The fourth-order valence-corrected chi connectivity index (χ4v) is 1.83.